The fourth-order valence-electron chi connectivity index (χ4n) is 1.07. The molecule has 0 aliphatic carbocycles. The molecule has 1 aromatic heterocycles. The minimum absolute atomic E-state index is 0.294. The lowest BCUT2D eigenvalue weighted by molar-refractivity contribution is 0.629. The van der Waals surface area contributed by atoms with Crippen molar-refractivity contribution in [1.29, 1.82) is 0 Å². The van der Waals surface area contributed by atoms with Gasteiger partial charge >= 0.3 is 0 Å². The Balaban J connectivity index is 2.80. The van der Waals surface area contributed by atoms with E-state index >= 15 is 0 Å². The first kappa shape index (κ1) is 7.50. The summed E-state index contributed by atoms with van der Waals surface area (Å²) < 4.78 is 12.7. The fraction of sp³-hybridized carbons (Fsp3) is 0. The van der Waals surface area contributed by atoms with E-state index in [1.165, 1.54) is 12.1 Å². The van der Waals surface area contributed by atoms with Crippen LogP contribution in [0.25, 0.3) is 10.9 Å². The predicted molar refractivity (Wildman–Crippen MR) is 46.7 cm³/mol. The minimum Gasteiger partial charge on any atom is -0.236 e. The van der Waals surface area contributed by atoms with Gasteiger partial charge in [-0.05, 0) is 24.3 Å². The van der Waals surface area contributed by atoms with Crippen molar-refractivity contribution in [1.82, 2.24) is 4.98 Å². The highest BCUT2D eigenvalue weighted by Gasteiger charge is 1.97. The summed E-state index contributed by atoms with van der Waals surface area (Å²) in [6, 6.07) is 7.93. The molecule has 0 saturated heterocycles. The first-order valence-corrected chi connectivity index (χ1v) is 3.85. The molecule has 12 heavy (non-hydrogen) atoms. The second-order valence-electron chi connectivity index (χ2n) is 2.47. The molecule has 0 fully saturated rings. The molecular formula is C9H5ClFN. The van der Waals surface area contributed by atoms with Gasteiger partial charge in [-0.1, -0.05) is 11.6 Å². The zero-order chi connectivity index (χ0) is 8.55. The molecule has 0 aliphatic heterocycles. The maximum Gasteiger partial charge on any atom is 0.129 e. The first-order valence-electron chi connectivity index (χ1n) is 3.47. The lowest BCUT2D eigenvalue weighted by atomic mass is 10.2. The topological polar surface area (TPSA) is 12.9 Å². The lowest BCUT2D eigenvalue weighted by Crippen LogP contribution is -1.80. The van der Waals surface area contributed by atoms with E-state index in [1.807, 2.05) is 6.07 Å². The van der Waals surface area contributed by atoms with Crippen LogP contribution >= 0.6 is 11.6 Å². The average Bonchev–Trinajstić information content (AvgIpc) is 2.03. The van der Waals surface area contributed by atoms with Gasteiger partial charge in [0, 0.05) is 11.5 Å². The Morgan fingerprint density at radius 3 is 2.75 bits per heavy atom. The molecule has 0 unspecified atom stereocenters. The largest absolute Gasteiger partial charge is 0.236 e. The van der Waals surface area contributed by atoms with Gasteiger partial charge in [0.25, 0.3) is 0 Å². The van der Waals surface area contributed by atoms with Crippen LogP contribution in [0.15, 0.2) is 30.3 Å². The van der Waals surface area contributed by atoms with Gasteiger partial charge in [0.1, 0.15) is 11.0 Å². The maximum atomic E-state index is 12.7. The van der Waals surface area contributed by atoms with Crippen LogP contribution in [0.4, 0.5) is 4.39 Å². The van der Waals surface area contributed by atoms with Gasteiger partial charge in [0.2, 0.25) is 0 Å². The molecule has 0 N–H and O–H groups in total. The number of nitrogens with zero attached hydrogens (tertiary/aromatic N) is 1. The molecule has 0 atom stereocenters. The Labute approximate surface area is 73.8 Å². The van der Waals surface area contributed by atoms with E-state index in [-0.39, 0.29) is 5.82 Å². The normalized spacial score (nSPS) is 10.5. The Morgan fingerprint density at radius 1 is 1.17 bits per heavy atom. The van der Waals surface area contributed by atoms with E-state index in [0.717, 1.165) is 5.39 Å². The van der Waals surface area contributed by atoms with Crippen molar-refractivity contribution in [2.24, 2.45) is 0 Å². The summed E-state index contributed by atoms with van der Waals surface area (Å²) in [4.78, 5) is 3.96. The fourth-order valence-corrected chi connectivity index (χ4v) is 1.22. The van der Waals surface area contributed by atoms with Gasteiger partial charge in [0.15, 0.2) is 0 Å². The van der Waals surface area contributed by atoms with Gasteiger partial charge in [-0.15, -0.1) is 0 Å². The van der Waals surface area contributed by atoms with E-state index in [4.69, 9.17) is 11.6 Å². The molecule has 0 amide bonds. The van der Waals surface area contributed by atoms with E-state index in [2.05, 4.69) is 4.98 Å². The molecule has 1 heterocycles. The number of halogens is 2. The smallest absolute Gasteiger partial charge is 0.129 e. The van der Waals surface area contributed by atoms with Gasteiger partial charge in [-0.25, -0.2) is 9.37 Å². The number of hydrogen-bond donors (Lipinski definition) is 0. The molecule has 1 aromatic carbocycles. The SMILES string of the molecule is Fc1ccc2ccc(Cl)nc2c1. The molecule has 2 rings (SSSR count). The molecule has 60 valence electrons. The van der Waals surface area contributed by atoms with Crippen LogP contribution in [0.5, 0.6) is 0 Å². The third-order valence-corrected chi connectivity index (χ3v) is 1.83. The maximum absolute atomic E-state index is 12.7. The summed E-state index contributed by atoms with van der Waals surface area (Å²) >= 11 is 5.64. The molecule has 0 spiro atoms. The van der Waals surface area contributed by atoms with E-state index in [0.29, 0.717) is 10.7 Å². The molecule has 3 heteroatoms. The summed E-state index contributed by atoms with van der Waals surface area (Å²) in [7, 11) is 0. The number of fused-ring (bicyclic) bond motifs is 1. The van der Waals surface area contributed by atoms with Crippen LogP contribution in [0.3, 0.4) is 0 Å². The predicted octanol–water partition coefficient (Wildman–Crippen LogP) is 3.03. The number of rotatable bonds is 0. The number of hydrogen-bond acceptors (Lipinski definition) is 1. The zero-order valence-electron chi connectivity index (χ0n) is 6.09. The molecule has 0 aliphatic rings. The van der Waals surface area contributed by atoms with Crippen LogP contribution in [0.1, 0.15) is 0 Å². The second-order valence-corrected chi connectivity index (χ2v) is 2.86. The minimum atomic E-state index is -0.294. The molecule has 2 aromatic rings. The Morgan fingerprint density at radius 2 is 1.92 bits per heavy atom. The summed E-state index contributed by atoms with van der Waals surface area (Å²) in [6.45, 7) is 0. The summed E-state index contributed by atoms with van der Waals surface area (Å²) in [6.07, 6.45) is 0. The first-order chi connectivity index (χ1) is 5.75. The van der Waals surface area contributed by atoms with Crippen LogP contribution < -0.4 is 0 Å². The van der Waals surface area contributed by atoms with E-state index in [9.17, 15) is 4.39 Å². The number of aromatic nitrogens is 1. The molecule has 0 radical (unpaired) electrons. The summed E-state index contributed by atoms with van der Waals surface area (Å²) in [5.41, 5.74) is 0.586. The van der Waals surface area contributed by atoms with Crippen LogP contribution in [-0.4, -0.2) is 4.98 Å². The highest BCUT2D eigenvalue weighted by Crippen LogP contribution is 2.15. The summed E-state index contributed by atoms with van der Waals surface area (Å²) in [5, 5.41) is 1.27. The van der Waals surface area contributed by atoms with Crippen molar-refractivity contribution in [2.45, 2.75) is 0 Å². The van der Waals surface area contributed by atoms with Crippen molar-refractivity contribution >= 4 is 22.5 Å². The van der Waals surface area contributed by atoms with Crippen molar-refractivity contribution in [3.05, 3.63) is 41.3 Å². The Kier molecular flexibility index (Phi) is 1.70. The monoisotopic (exact) mass is 181 g/mol. The van der Waals surface area contributed by atoms with Gasteiger partial charge in [-0.2, -0.15) is 0 Å². The van der Waals surface area contributed by atoms with Gasteiger partial charge < -0.3 is 0 Å². The molecular weight excluding hydrogens is 177 g/mol. The number of pyridine rings is 1. The summed E-state index contributed by atoms with van der Waals surface area (Å²) in [5.74, 6) is -0.294. The van der Waals surface area contributed by atoms with Crippen molar-refractivity contribution < 1.29 is 4.39 Å². The lowest BCUT2D eigenvalue weighted by Gasteiger charge is -1.96. The standard InChI is InChI=1S/C9H5ClFN/c10-9-4-2-6-1-3-7(11)5-8(6)12-9/h1-5H. The number of benzene rings is 1. The van der Waals surface area contributed by atoms with Crippen molar-refractivity contribution in [3.8, 4) is 0 Å². The Bertz CT molecular complexity index is 391. The zero-order valence-corrected chi connectivity index (χ0v) is 6.85. The third kappa shape index (κ3) is 1.25. The van der Waals surface area contributed by atoms with Gasteiger partial charge in [-0.3, -0.25) is 0 Å². The Hall–Kier alpha value is -1.15. The van der Waals surface area contributed by atoms with E-state index in [1.54, 1.807) is 12.1 Å². The van der Waals surface area contributed by atoms with E-state index < -0.39 is 0 Å². The van der Waals surface area contributed by atoms with Crippen LogP contribution in [-0.2, 0) is 0 Å². The third-order valence-electron chi connectivity index (χ3n) is 1.62. The van der Waals surface area contributed by atoms with Gasteiger partial charge in [0.05, 0.1) is 5.52 Å². The quantitative estimate of drug-likeness (QED) is 0.570. The second kappa shape index (κ2) is 2.72. The molecule has 1 nitrogen and oxygen atoms in total. The van der Waals surface area contributed by atoms with Crippen LogP contribution in [0.2, 0.25) is 5.15 Å². The van der Waals surface area contributed by atoms with Crippen molar-refractivity contribution in [2.75, 3.05) is 0 Å². The highest BCUT2D eigenvalue weighted by atomic mass is 35.5. The molecule has 0 saturated carbocycles. The molecule has 0 bridgehead atoms. The average molecular weight is 182 g/mol. The highest BCUT2D eigenvalue weighted by molar-refractivity contribution is 6.29. The van der Waals surface area contributed by atoms with Crippen molar-refractivity contribution in [3.63, 3.8) is 0 Å². The van der Waals surface area contributed by atoms with Crippen LogP contribution in [0, 0.1) is 5.82 Å².